The molecule has 0 spiro atoms. The number of halogens is 1. The summed E-state index contributed by atoms with van der Waals surface area (Å²) in [5, 5.41) is 13.8. The number of carbonyl (C=O) groups excluding carboxylic acids is 1. The summed E-state index contributed by atoms with van der Waals surface area (Å²) in [5.41, 5.74) is 2.67. The molecule has 0 fully saturated rings. The number of rotatable bonds is 3. The normalized spacial score (nSPS) is 16.9. The van der Waals surface area contributed by atoms with E-state index >= 15 is 0 Å². The Bertz CT molecular complexity index is 741. The fourth-order valence-corrected chi connectivity index (χ4v) is 2.90. The van der Waals surface area contributed by atoms with Gasteiger partial charge in [0.25, 0.3) is 0 Å². The third-order valence-electron chi connectivity index (χ3n) is 3.75. The number of hydrogen-bond donors (Lipinski definition) is 2. The Labute approximate surface area is 140 Å². The predicted octanol–water partition coefficient (Wildman–Crippen LogP) is 3.59. The quantitative estimate of drug-likeness (QED) is 0.903. The topological polar surface area (TPSA) is 58.6 Å². The molecule has 0 aromatic heterocycles. The van der Waals surface area contributed by atoms with Crippen molar-refractivity contribution in [2.75, 3.05) is 0 Å². The van der Waals surface area contributed by atoms with Crippen LogP contribution in [0, 0.1) is 0 Å². The van der Waals surface area contributed by atoms with Crippen LogP contribution in [0.5, 0.6) is 11.5 Å². The van der Waals surface area contributed by atoms with E-state index in [4.69, 9.17) is 16.3 Å². The zero-order valence-electron chi connectivity index (χ0n) is 13.0. The van der Waals surface area contributed by atoms with Gasteiger partial charge in [-0.1, -0.05) is 23.7 Å². The Morgan fingerprint density at radius 3 is 2.61 bits per heavy atom. The van der Waals surface area contributed by atoms with Crippen molar-refractivity contribution in [1.82, 2.24) is 5.32 Å². The van der Waals surface area contributed by atoms with Gasteiger partial charge in [0.15, 0.2) is 11.5 Å². The first kappa shape index (κ1) is 15.7. The third kappa shape index (κ3) is 3.27. The first-order valence-electron chi connectivity index (χ1n) is 7.51. The molecule has 0 saturated heterocycles. The molecule has 0 bridgehead atoms. The summed E-state index contributed by atoms with van der Waals surface area (Å²) in [6, 6.07) is 10.5. The molecule has 2 aromatic carbocycles. The highest BCUT2D eigenvalue weighted by atomic mass is 35.5. The number of hydrogen-bond acceptors (Lipinski definition) is 3. The summed E-state index contributed by atoms with van der Waals surface area (Å²) in [4.78, 5) is 12.0. The largest absolute Gasteiger partial charge is 0.504 e. The van der Waals surface area contributed by atoms with Gasteiger partial charge in [-0.3, -0.25) is 4.79 Å². The Kier molecular flexibility index (Phi) is 4.18. The molecule has 0 radical (unpaired) electrons. The average molecular weight is 332 g/mol. The number of amides is 1. The number of phenolic OH excluding ortho intramolecular Hbond substituents is 1. The maximum atomic E-state index is 12.0. The SMILES string of the molecule is CC(C)Oc1cc2c(cc1O)CC(=O)N[C@H]2c1ccc(Cl)cc1. The van der Waals surface area contributed by atoms with Gasteiger partial charge in [-0.05, 0) is 54.8 Å². The molecule has 1 atom stereocenters. The first-order chi connectivity index (χ1) is 10.9. The zero-order chi connectivity index (χ0) is 16.6. The number of phenols is 1. The van der Waals surface area contributed by atoms with Gasteiger partial charge >= 0.3 is 0 Å². The van der Waals surface area contributed by atoms with Gasteiger partial charge in [-0.25, -0.2) is 0 Å². The highest BCUT2D eigenvalue weighted by Crippen LogP contribution is 2.37. The lowest BCUT2D eigenvalue weighted by atomic mass is 9.89. The highest BCUT2D eigenvalue weighted by Gasteiger charge is 2.27. The number of fused-ring (bicyclic) bond motifs is 1. The number of carbonyl (C=O) groups is 1. The van der Waals surface area contributed by atoms with Gasteiger partial charge in [-0.2, -0.15) is 0 Å². The van der Waals surface area contributed by atoms with Crippen LogP contribution in [-0.4, -0.2) is 17.1 Å². The summed E-state index contributed by atoms with van der Waals surface area (Å²) in [5.74, 6) is 0.408. The standard InChI is InChI=1S/C18H18ClNO3/c1-10(2)23-16-9-14-12(7-15(16)21)8-17(22)20-18(14)11-3-5-13(19)6-4-11/h3-7,9-10,18,21H,8H2,1-2H3,(H,20,22)/t18-/m0/s1. The first-order valence-corrected chi connectivity index (χ1v) is 7.89. The van der Waals surface area contributed by atoms with Crippen molar-refractivity contribution in [2.45, 2.75) is 32.4 Å². The van der Waals surface area contributed by atoms with Crippen molar-refractivity contribution in [2.24, 2.45) is 0 Å². The van der Waals surface area contributed by atoms with E-state index in [9.17, 15) is 9.90 Å². The number of benzene rings is 2. The monoisotopic (exact) mass is 331 g/mol. The van der Waals surface area contributed by atoms with Crippen molar-refractivity contribution >= 4 is 17.5 Å². The Balaban J connectivity index is 2.07. The van der Waals surface area contributed by atoms with E-state index in [1.807, 2.05) is 32.0 Å². The van der Waals surface area contributed by atoms with Crippen molar-refractivity contribution in [3.8, 4) is 11.5 Å². The van der Waals surface area contributed by atoms with E-state index in [0.717, 1.165) is 16.7 Å². The molecule has 0 aliphatic carbocycles. The minimum Gasteiger partial charge on any atom is -0.504 e. The van der Waals surface area contributed by atoms with Gasteiger partial charge in [0.1, 0.15) is 0 Å². The summed E-state index contributed by atoms with van der Waals surface area (Å²) in [6.07, 6.45) is 0.195. The van der Waals surface area contributed by atoms with E-state index in [2.05, 4.69) is 5.32 Å². The van der Waals surface area contributed by atoms with Gasteiger partial charge < -0.3 is 15.2 Å². The minimum absolute atomic E-state index is 0.0499. The Morgan fingerprint density at radius 1 is 1.26 bits per heavy atom. The summed E-state index contributed by atoms with van der Waals surface area (Å²) >= 11 is 5.94. The molecule has 0 saturated carbocycles. The van der Waals surface area contributed by atoms with E-state index in [1.165, 1.54) is 0 Å². The van der Waals surface area contributed by atoms with Crippen molar-refractivity contribution in [3.63, 3.8) is 0 Å². The molecule has 3 rings (SSSR count). The van der Waals surface area contributed by atoms with Crippen LogP contribution >= 0.6 is 11.6 Å². The average Bonchev–Trinajstić information content (AvgIpc) is 2.48. The molecule has 4 nitrogen and oxygen atoms in total. The van der Waals surface area contributed by atoms with Gasteiger partial charge in [0.05, 0.1) is 18.6 Å². The van der Waals surface area contributed by atoms with E-state index in [-0.39, 0.29) is 30.2 Å². The van der Waals surface area contributed by atoms with Crippen LogP contribution in [0.1, 0.15) is 36.6 Å². The molecule has 1 aliphatic rings. The van der Waals surface area contributed by atoms with Crippen molar-refractivity contribution in [3.05, 3.63) is 58.1 Å². The zero-order valence-corrected chi connectivity index (χ0v) is 13.7. The molecule has 120 valence electrons. The van der Waals surface area contributed by atoms with Crippen molar-refractivity contribution in [1.29, 1.82) is 0 Å². The van der Waals surface area contributed by atoms with E-state index < -0.39 is 0 Å². The number of nitrogens with one attached hydrogen (secondary N) is 1. The highest BCUT2D eigenvalue weighted by molar-refractivity contribution is 6.30. The van der Waals surface area contributed by atoms with E-state index in [1.54, 1.807) is 18.2 Å². The van der Waals surface area contributed by atoms with Crippen molar-refractivity contribution < 1.29 is 14.6 Å². The molecule has 1 aliphatic heterocycles. The fourth-order valence-electron chi connectivity index (χ4n) is 2.78. The number of aromatic hydroxyl groups is 1. The molecule has 2 aromatic rings. The summed E-state index contributed by atoms with van der Waals surface area (Å²) in [7, 11) is 0. The maximum Gasteiger partial charge on any atom is 0.225 e. The van der Waals surface area contributed by atoms with Crippen LogP contribution in [0.2, 0.25) is 5.02 Å². The maximum absolute atomic E-state index is 12.0. The lowest BCUT2D eigenvalue weighted by molar-refractivity contribution is -0.121. The molecule has 1 amide bonds. The van der Waals surface area contributed by atoms with Crippen LogP contribution in [0.4, 0.5) is 0 Å². The van der Waals surface area contributed by atoms with Crippen LogP contribution < -0.4 is 10.1 Å². The Morgan fingerprint density at radius 2 is 1.96 bits per heavy atom. The van der Waals surface area contributed by atoms with E-state index in [0.29, 0.717) is 10.8 Å². The molecule has 2 N–H and O–H groups in total. The molecular weight excluding hydrogens is 314 g/mol. The van der Waals surface area contributed by atoms with Gasteiger partial charge in [0.2, 0.25) is 5.91 Å². The minimum atomic E-state index is -0.279. The lowest BCUT2D eigenvalue weighted by Gasteiger charge is -2.28. The van der Waals surface area contributed by atoms with Gasteiger partial charge in [0, 0.05) is 5.02 Å². The van der Waals surface area contributed by atoms with Crippen LogP contribution in [-0.2, 0) is 11.2 Å². The summed E-state index contributed by atoms with van der Waals surface area (Å²) in [6.45, 7) is 3.80. The number of ether oxygens (including phenoxy) is 1. The summed E-state index contributed by atoms with van der Waals surface area (Å²) < 4.78 is 5.66. The molecule has 0 unspecified atom stereocenters. The third-order valence-corrected chi connectivity index (χ3v) is 4.01. The Hall–Kier alpha value is -2.20. The van der Waals surface area contributed by atoms with Crippen LogP contribution in [0.3, 0.4) is 0 Å². The van der Waals surface area contributed by atoms with Crippen LogP contribution in [0.15, 0.2) is 36.4 Å². The second-order valence-corrected chi connectivity index (χ2v) is 6.35. The molecule has 5 heteroatoms. The molecule has 1 heterocycles. The molecule has 23 heavy (non-hydrogen) atoms. The van der Waals surface area contributed by atoms with Gasteiger partial charge in [-0.15, -0.1) is 0 Å². The predicted molar refractivity (Wildman–Crippen MR) is 89.0 cm³/mol. The smallest absolute Gasteiger partial charge is 0.225 e. The fraction of sp³-hybridized carbons (Fsp3) is 0.278. The second-order valence-electron chi connectivity index (χ2n) is 5.91. The molecular formula is C18H18ClNO3. The van der Waals surface area contributed by atoms with Crippen LogP contribution in [0.25, 0.3) is 0 Å². The second kappa shape index (κ2) is 6.13. The lowest BCUT2D eigenvalue weighted by Crippen LogP contribution is -2.35.